The number of nitrogens with zero attached hydrogens (tertiary/aromatic N) is 2. The highest BCUT2D eigenvalue weighted by molar-refractivity contribution is 5.78. The number of carbonyl (C=O) groups excluding carboxylic acids is 1. The molecule has 2 fully saturated rings. The fourth-order valence-corrected chi connectivity index (χ4v) is 4.03. The van der Waals surface area contributed by atoms with Crippen LogP contribution in [0.5, 0.6) is 0 Å². The summed E-state index contributed by atoms with van der Waals surface area (Å²) in [6.45, 7) is 3.41. The summed E-state index contributed by atoms with van der Waals surface area (Å²) in [4.78, 5) is 12.3. The van der Waals surface area contributed by atoms with Gasteiger partial charge in [-0.2, -0.15) is 5.10 Å². The lowest BCUT2D eigenvalue weighted by Gasteiger charge is -2.43. The van der Waals surface area contributed by atoms with Gasteiger partial charge in [0.15, 0.2) is 0 Å². The number of amides is 1. The van der Waals surface area contributed by atoms with Gasteiger partial charge in [0.25, 0.3) is 0 Å². The number of fused-ring (bicyclic) bond motifs is 2. The molecule has 1 aromatic heterocycles. The van der Waals surface area contributed by atoms with Crippen molar-refractivity contribution in [3.05, 3.63) is 18.0 Å². The van der Waals surface area contributed by atoms with E-state index in [-0.39, 0.29) is 11.8 Å². The smallest absolute Gasteiger partial charge is 0.223 e. The third kappa shape index (κ3) is 3.28. The lowest BCUT2D eigenvalue weighted by atomic mass is 9.65. The van der Waals surface area contributed by atoms with Crippen molar-refractivity contribution in [3.8, 4) is 0 Å². The molecule has 5 heteroatoms. The van der Waals surface area contributed by atoms with Gasteiger partial charge in [-0.15, -0.1) is 0 Å². The largest absolute Gasteiger partial charge is 0.354 e. The van der Waals surface area contributed by atoms with Gasteiger partial charge in [-0.3, -0.25) is 9.48 Å². The van der Waals surface area contributed by atoms with Crippen LogP contribution < -0.4 is 11.1 Å². The Morgan fingerprint density at radius 3 is 2.76 bits per heavy atom. The number of nitrogens with two attached hydrogens (primary N) is 1. The second-order valence-corrected chi connectivity index (χ2v) is 6.77. The summed E-state index contributed by atoms with van der Waals surface area (Å²) in [6, 6.07) is 0.329. The molecule has 2 aliphatic rings. The van der Waals surface area contributed by atoms with Crippen LogP contribution in [0.4, 0.5) is 0 Å². The normalized spacial score (nSPS) is 31.9. The van der Waals surface area contributed by atoms with Gasteiger partial charge in [-0.1, -0.05) is 6.42 Å². The molecule has 3 N–H and O–H groups in total. The maximum atomic E-state index is 12.3. The van der Waals surface area contributed by atoms with E-state index in [1.54, 1.807) is 0 Å². The molecular formula is C16H26N4O. The van der Waals surface area contributed by atoms with Crippen molar-refractivity contribution in [3.63, 3.8) is 0 Å². The highest BCUT2D eigenvalue weighted by atomic mass is 16.1. The molecule has 0 spiro atoms. The van der Waals surface area contributed by atoms with Crippen LogP contribution in [0.1, 0.15) is 37.7 Å². The van der Waals surface area contributed by atoms with Crippen molar-refractivity contribution < 1.29 is 4.79 Å². The quantitative estimate of drug-likeness (QED) is 0.882. The lowest BCUT2D eigenvalue weighted by molar-refractivity contribution is -0.127. The number of rotatable bonds is 4. The molecule has 1 aromatic rings. The Labute approximate surface area is 126 Å². The Kier molecular flexibility index (Phi) is 4.29. The first-order valence-electron chi connectivity index (χ1n) is 8.16. The minimum absolute atomic E-state index is 0.166. The van der Waals surface area contributed by atoms with E-state index in [9.17, 15) is 4.79 Å². The third-order valence-electron chi connectivity index (χ3n) is 5.19. The molecule has 2 atom stereocenters. The van der Waals surface area contributed by atoms with Gasteiger partial charge >= 0.3 is 0 Å². The van der Waals surface area contributed by atoms with Crippen LogP contribution in [0.25, 0.3) is 0 Å². The van der Waals surface area contributed by atoms with Crippen molar-refractivity contribution in [2.75, 3.05) is 6.54 Å². The number of hydrogen-bond donors (Lipinski definition) is 2. The first-order chi connectivity index (χ1) is 10.1. The fourth-order valence-electron chi connectivity index (χ4n) is 4.03. The molecule has 2 bridgehead atoms. The van der Waals surface area contributed by atoms with Crippen molar-refractivity contribution in [1.82, 2.24) is 15.1 Å². The first kappa shape index (κ1) is 14.6. The lowest BCUT2D eigenvalue weighted by Crippen LogP contribution is -2.49. The van der Waals surface area contributed by atoms with Crippen LogP contribution in [-0.4, -0.2) is 28.3 Å². The van der Waals surface area contributed by atoms with Gasteiger partial charge in [-0.05, 0) is 50.0 Å². The second-order valence-electron chi connectivity index (χ2n) is 6.77. The number of aryl methyl sites for hydroxylation is 1. The van der Waals surface area contributed by atoms with Gasteiger partial charge in [0.05, 0.1) is 12.7 Å². The molecule has 2 unspecified atom stereocenters. The molecule has 21 heavy (non-hydrogen) atoms. The van der Waals surface area contributed by atoms with E-state index >= 15 is 0 Å². The van der Waals surface area contributed by atoms with Crippen molar-refractivity contribution in [2.45, 2.75) is 51.6 Å². The number of nitrogens with one attached hydrogen (secondary N) is 1. The van der Waals surface area contributed by atoms with Crippen LogP contribution in [0, 0.1) is 24.7 Å². The van der Waals surface area contributed by atoms with Gasteiger partial charge < -0.3 is 11.1 Å². The number of hydrogen-bond acceptors (Lipinski definition) is 3. The predicted molar refractivity (Wildman–Crippen MR) is 81.5 cm³/mol. The zero-order chi connectivity index (χ0) is 14.8. The van der Waals surface area contributed by atoms with E-state index in [2.05, 4.69) is 10.4 Å². The maximum absolute atomic E-state index is 12.3. The van der Waals surface area contributed by atoms with Crippen LogP contribution in [0.3, 0.4) is 0 Å². The zero-order valence-electron chi connectivity index (χ0n) is 12.8. The number of aromatic nitrogens is 2. The SMILES string of the molecule is Cc1cnn(CCNC(=O)C2CC3CCCC(C2)C3N)c1. The van der Waals surface area contributed by atoms with E-state index in [1.165, 1.54) is 19.3 Å². The van der Waals surface area contributed by atoms with E-state index < -0.39 is 0 Å². The van der Waals surface area contributed by atoms with Crippen molar-refractivity contribution >= 4 is 5.91 Å². The number of carbonyl (C=O) groups is 1. The molecule has 1 heterocycles. The summed E-state index contributed by atoms with van der Waals surface area (Å²) in [6.07, 6.45) is 9.48. The standard InChI is InChI=1S/C16H26N4O/c1-11-9-19-20(10-11)6-5-18-16(21)14-7-12-3-2-4-13(8-14)15(12)17/h9-10,12-15H,2-8,17H2,1H3,(H,18,21). The van der Waals surface area contributed by atoms with E-state index in [1.807, 2.05) is 24.0 Å². The highest BCUT2D eigenvalue weighted by Crippen LogP contribution is 2.41. The summed E-state index contributed by atoms with van der Waals surface area (Å²) in [5.74, 6) is 1.49. The van der Waals surface area contributed by atoms with Crippen molar-refractivity contribution in [1.29, 1.82) is 0 Å². The fraction of sp³-hybridized carbons (Fsp3) is 0.750. The summed E-state index contributed by atoms with van der Waals surface area (Å²) < 4.78 is 1.88. The minimum Gasteiger partial charge on any atom is -0.354 e. The van der Waals surface area contributed by atoms with Crippen LogP contribution in [0.15, 0.2) is 12.4 Å². The van der Waals surface area contributed by atoms with Gasteiger partial charge in [0.2, 0.25) is 5.91 Å². The van der Waals surface area contributed by atoms with Crippen LogP contribution in [-0.2, 0) is 11.3 Å². The van der Waals surface area contributed by atoms with Crippen LogP contribution in [0.2, 0.25) is 0 Å². The molecule has 2 aliphatic carbocycles. The van der Waals surface area contributed by atoms with Gasteiger partial charge in [-0.25, -0.2) is 0 Å². The summed E-state index contributed by atoms with van der Waals surface area (Å²) >= 11 is 0. The highest BCUT2D eigenvalue weighted by Gasteiger charge is 2.40. The molecule has 2 saturated carbocycles. The monoisotopic (exact) mass is 290 g/mol. The maximum Gasteiger partial charge on any atom is 0.223 e. The van der Waals surface area contributed by atoms with E-state index in [4.69, 9.17) is 5.73 Å². The molecule has 5 nitrogen and oxygen atoms in total. The Morgan fingerprint density at radius 1 is 1.43 bits per heavy atom. The molecule has 0 aliphatic heterocycles. The zero-order valence-corrected chi connectivity index (χ0v) is 12.8. The Hall–Kier alpha value is -1.36. The molecular weight excluding hydrogens is 264 g/mol. The topological polar surface area (TPSA) is 72.9 Å². The molecule has 0 radical (unpaired) electrons. The molecule has 116 valence electrons. The van der Waals surface area contributed by atoms with Gasteiger partial charge in [0, 0.05) is 24.7 Å². The average Bonchev–Trinajstić information content (AvgIpc) is 2.84. The second kappa shape index (κ2) is 6.18. The van der Waals surface area contributed by atoms with E-state index in [0.29, 0.717) is 24.4 Å². The minimum atomic E-state index is 0.166. The summed E-state index contributed by atoms with van der Waals surface area (Å²) in [7, 11) is 0. The summed E-state index contributed by atoms with van der Waals surface area (Å²) in [5, 5.41) is 7.30. The average molecular weight is 290 g/mol. The Morgan fingerprint density at radius 2 is 2.14 bits per heavy atom. The van der Waals surface area contributed by atoms with Crippen LogP contribution >= 0.6 is 0 Å². The molecule has 1 amide bonds. The molecule has 0 saturated heterocycles. The van der Waals surface area contributed by atoms with E-state index in [0.717, 1.165) is 24.9 Å². The molecule has 3 rings (SSSR count). The third-order valence-corrected chi connectivity index (χ3v) is 5.19. The van der Waals surface area contributed by atoms with Crippen molar-refractivity contribution in [2.24, 2.45) is 23.5 Å². The molecule has 0 aromatic carbocycles. The van der Waals surface area contributed by atoms with Gasteiger partial charge in [0.1, 0.15) is 0 Å². The summed E-state index contributed by atoms with van der Waals surface area (Å²) in [5.41, 5.74) is 7.43. The Balaban J connectivity index is 1.47. The Bertz CT molecular complexity index is 484. The predicted octanol–water partition coefficient (Wildman–Crippen LogP) is 1.46. The first-order valence-corrected chi connectivity index (χ1v) is 8.16.